The summed E-state index contributed by atoms with van der Waals surface area (Å²) >= 11 is 0. The first-order valence-corrected chi connectivity index (χ1v) is 7.90. The topological polar surface area (TPSA) is 52.7 Å². The van der Waals surface area contributed by atoms with Gasteiger partial charge in [0.15, 0.2) is 0 Å². The molecular formula is C17H25N3O2. The van der Waals surface area contributed by atoms with Crippen molar-refractivity contribution in [2.24, 2.45) is 0 Å². The molecule has 1 aromatic rings. The minimum Gasteiger partial charge on any atom is -0.345 e. The van der Waals surface area contributed by atoms with Crippen LogP contribution in [0.3, 0.4) is 0 Å². The summed E-state index contributed by atoms with van der Waals surface area (Å²) < 4.78 is 0. The number of carbonyl (C=O) groups excluding carboxylic acids is 2. The fraction of sp³-hybridized carbons (Fsp3) is 0.529. The van der Waals surface area contributed by atoms with Crippen molar-refractivity contribution in [3.05, 3.63) is 29.8 Å². The molecule has 1 aromatic carbocycles. The molecule has 5 heteroatoms. The molecule has 0 saturated carbocycles. The smallest absolute Gasteiger partial charge is 0.253 e. The van der Waals surface area contributed by atoms with Gasteiger partial charge in [0.1, 0.15) is 0 Å². The maximum Gasteiger partial charge on any atom is 0.253 e. The molecule has 0 radical (unpaired) electrons. The second kappa shape index (κ2) is 7.94. The third-order valence-corrected chi connectivity index (χ3v) is 3.87. The molecule has 2 amide bonds. The maximum absolute atomic E-state index is 12.2. The van der Waals surface area contributed by atoms with E-state index in [1.165, 1.54) is 30.6 Å². The molecule has 2 rings (SSSR count). The van der Waals surface area contributed by atoms with Gasteiger partial charge in [0.25, 0.3) is 5.91 Å². The molecule has 1 heterocycles. The third kappa shape index (κ3) is 4.84. The highest BCUT2D eigenvalue weighted by molar-refractivity contribution is 5.97. The molecule has 1 fully saturated rings. The van der Waals surface area contributed by atoms with E-state index in [9.17, 15) is 9.59 Å². The van der Waals surface area contributed by atoms with E-state index in [0.717, 1.165) is 13.1 Å². The second-order valence-electron chi connectivity index (χ2n) is 6.02. The van der Waals surface area contributed by atoms with Crippen molar-refractivity contribution in [1.82, 2.24) is 9.80 Å². The van der Waals surface area contributed by atoms with Gasteiger partial charge in [0.05, 0.1) is 6.54 Å². The molecule has 0 unspecified atom stereocenters. The maximum atomic E-state index is 12.2. The van der Waals surface area contributed by atoms with Crippen molar-refractivity contribution >= 4 is 17.5 Å². The average Bonchev–Trinajstić information content (AvgIpc) is 2.75. The highest BCUT2D eigenvalue weighted by Crippen LogP contribution is 2.13. The number of hydrogen-bond acceptors (Lipinski definition) is 3. The Morgan fingerprint density at radius 1 is 1.14 bits per heavy atom. The number of carbonyl (C=O) groups is 2. The van der Waals surface area contributed by atoms with E-state index in [2.05, 4.69) is 10.2 Å². The second-order valence-corrected chi connectivity index (χ2v) is 6.02. The van der Waals surface area contributed by atoms with Crippen LogP contribution >= 0.6 is 0 Å². The molecule has 1 aliphatic heterocycles. The van der Waals surface area contributed by atoms with Crippen LogP contribution in [0, 0.1) is 0 Å². The fourth-order valence-corrected chi connectivity index (χ4v) is 2.69. The molecule has 1 N–H and O–H groups in total. The lowest BCUT2D eigenvalue weighted by Gasteiger charge is -2.19. The minimum absolute atomic E-state index is 0.0173. The minimum atomic E-state index is -0.0661. The van der Waals surface area contributed by atoms with Gasteiger partial charge < -0.3 is 10.2 Å². The number of benzene rings is 1. The van der Waals surface area contributed by atoms with Gasteiger partial charge in [-0.05, 0) is 44.1 Å². The predicted octanol–water partition coefficient (Wildman–Crippen LogP) is 2.20. The van der Waals surface area contributed by atoms with Crippen LogP contribution in [0.4, 0.5) is 5.69 Å². The SMILES string of the molecule is CN(C)C(=O)c1cccc(NC(=O)CN2CCCCCC2)c1. The Morgan fingerprint density at radius 2 is 1.82 bits per heavy atom. The normalized spacial score (nSPS) is 15.9. The monoisotopic (exact) mass is 303 g/mol. The summed E-state index contributed by atoms with van der Waals surface area (Å²) in [6, 6.07) is 7.08. The van der Waals surface area contributed by atoms with Crippen molar-refractivity contribution in [3.8, 4) is 0 Å². The van der Waals surface area contributed by atoms with Gasteiger partial charge >= 0.3 is 0 Å². The number of nitrogens with one attached hydrogen (secondary N) is 1. The highest BCUT2D eigenvalue weighted by Gasteiger charge is 2.14. The van der Waals surface area contributed by atoms with Crippen LogP contribution in [0.1, 0.15) is 36.0 Å². The Balaban J connectivity index is 1.93. The molecule has 0 atom stereocenters. The summed E-state index contributed by atoms with van der Waals surface area (Å²) in [7, 11) is 3.43. The van der Waals surface area contributed by atoms with Crippen LogP contribution in [0.5, 0.6) is 0 Å². The highest BCUT2D eigenvalue weighted by atomic mass is 16.2. The Labute approximate surface area is 132 Å². The summed E-state index contributed by atoms with van der Waals surface area (Å²) in [6.07, 6.45) is 4.85. The number of amides is 2. The summed E-state index contributed by atoms with van der Waals surface area (Å²) in [6.45, 7) is 2.41. The van der Waals surface area contributed by atoms with Gasteiger partial charge in [-0.1, -0.05) is 18.9 Å². The Bertz CT molecular complexity index is 520. The molecule has 22 heavy (non-hydrogen) atoms. The lowest BCUT2D eigenvalue weighted by atomic mass is 10.2. The van der Waals surface area contributed by atoms with Gasteiger partial charge in [-0.25, -0.2) is 0 Å². The fourth-order valence-electron chi connectivity index (χ4n) is 2.69. The van der Waals surface area contributed by atoms with Crippen LogP contribution in [-0.4, -0.2) is 55.3 Å². The van der Waals surface area contributed by atoms with Crippen molar-refractivity contribution < 1.29 is 9.59 Å². The van der Waals surface area contributed by atoms with E-state index in [1.807, 2.05) is 6.07 Å². The largest absolute Gasteiger partial charge is 0.345 e. The van der Waals surface area contributed by atoms with E-state index in [0.29, 0.717) is 17.8 Å². The molecule has 5 nitrogen and oxygen atoms in total. The summed E-state index contributed by atoms with van der Waals surface area (Å²) in [5.74, 6) is -0.0834. The van der Waals surface area contributed by atoms with E-state index in [-0.39, 0.29) is 11.8 Å². The average molecular weight is 303 g/mol. The lowest BCUT2D eigenvalue weighted by molar-refractivity contribution is -0.117. The Morgan fingerprint density at radius 3 is 2.45 bits per heavy atom. The van der Waals surface area contributed by atoms with E-state index < -0.39 is 0 Å². The predicted molar refractivity (Wildman–Crippen MR) is 88.0 cm³/mol. The van der Waals surface area contributed by atoms with Crippen LogP contribution < -0.4 is 5.32 Å². The van der Waals surface area contributed by atoms with Gasteiger partial charge in [-0.3, -0.25) is 14.5 Å². The zero-order chi connectivity index (χ0) is 15.9. The van der Waals surface area contributed by atoms with Crippen LogP contribution in [-0.2, 0) is 4.79 Å². The summed E-state index contributed by atoms with van der Waals surface area (Å²) in [4.78, 5) is 27.8. The first-order chi connectivity index (χ1) is 10.6. The van der Waals surface area contributed by atoms with E-state index in [4.69, 9.17) is 0 Å². The van der Waals surface area contributed by atoms with Crippen molar-refractivity contribution in [3.63, 3.8) is 0 Å². The number of hydrogen-bond donors (Lipinski definition) is 1. The molecule has 1 aliphatic rings. The first kappa shape index (κ1) is 16.5. The van der Waals surface area contributed by atoms with Gasteiger partial charge in [-0.2, -0.15) is 0 Å². The zero-order valence-electron chi connectivity index (χ0n) is 13.5. The molecule has 120 valence electrons. The van der Waals surface area contributed by atoms with Gasteiger partial charge in [-0.15, -0.1) is 0 Å². The number of likely N-dealkylation sites (tertiary alicyclic amines) is 1. The van der Waals surface area contributed by atoms with Crippen LogP contribution in [0.15, 0.2) is 24.3 Å². The van der Waals surface area contributed by atoms with Crippen molar-refractivity contribution in [1.29, 1.82) is 0 Å². The number of anilines is 1. The van der Waals surface area contributed by atoms with Gasteiger partial charge in [0.2, 0.25) is 5.91 Å². The number of nitrogens with zero attached hydrogens (tertiary/aromatic N) is 2. The Hall–Kier alpha value is -1.88. The zero-order valence-corrected chi connectivity index (χ0v) is 13.5. The standard InChI is InChI=1S/C17H25N3O2/c1-19(2)17(22)14-8-7-9-15(12-14)18-16(21)13-20-10-5-3-4-6-11-20/h7-9,12H,3-6,10-11,13H2,1-2H3,(H,18,21). The molecule has 0 aliphatic carbocycles. The summed E-state index contributed by atoms with van der Waals surface area (Å²) in [5.41, 5.74) is 1.25. The third-order valence-electron chi connectivity index (χ3n) is 3.87. The lowest BCUT2D eigenvalue weighted by Crippen LogP contribution is -2.34. The Kier molecular flexibility index (Phi) is 5.95. The number of rotatable bonds is 4. The first-order valence-electron chi connectivity index (χ1n) is 7.90. The molecule has 0 aromatic heterocycles. The van der Waals surface area contributed by atoms with Crippen LogP contribution in [0.25, 0.3) is 0 Å². The van der Waals surface area contributed by atoms with Crippen molar-refractivity contribution in [2.45, 2.75) is 25.7 Å². The molecule has 0 bridgehead atoms. The molecular weight excluding hydrogens is 278 g/mol. The van der Waals surface area contributed by atoms with E-state index in [1.54, 1.807) is 32.3 Å². The van der Waals surface area contributed by atoms with E-state index >= 15 is 0 Å². The quantitative estimate of drug-likeness (QED) is 0.928. The molecule has 1 saturated heterocycles. The molecule has 0 spiro atoms. The van der Waals surface area contributed by atoms with Crippen molar-refractivity contribution in [2.75, 3.05) is 39.0 Å². The van der Waals surface area contributed by atoms with Crippen LogP contribution in [0.2, 0.25) is 0 Å². The summed E-state index contributed by atoms with van der Waals surface area (Å²) in [5, 5.41) is 2.89. The van der Waals surface area contributed by atoms with Gasteiger partial charge in [0, 0.05) is 25.3 Å².